The number of aromatic carboxylic acids is 1. The normalized spacial score (nSPS) is 10.8. The van der Waals surface area contributed by atoms with E-state index >= 15 is 0 Å². The van der Waals surface area contributed by atoms with Crippen molar-refractivity contribution in [2.75, 3.05) is 0 Å². The summed E-state index contributed by atoms with van der Waals surface area (Å²) in [5, 5.41) is 10.0. The Morgan fingerprint density at radius 1 is 1.35 bits per heavy atom. The summed E-state index contributed by atoms with van der Waals surface area (Å²) < 4.78 is 1.42. The molecule has 2 aromatic rings. The third-order valence-corrected chi connectivity index (χ3v) is 4.62. The molecule has 0 radical (unpaired) electrons. The van der Waals surface area contributed by atoms with E-state index in [0.717, 1.165) is 11.3 Å². The average molecular weight is 332 g/mol. The first-order chi connectivity index (χ1) is 9.45. The van der Waals surface area contributed by atoms with E-state index in [1.54, 1.807) is 25.1 Å². The maximum Gasteiger partial charge on any atom is 0.347 e. The smallest absolute Gasteiger partial charge is 0.347 e. The molecule has 0 unspecified atom stereocenters. The fourth-order valence-corrected chi connectivity index (χ4v) is 3.39. The summed E-state index contributed by atoms with van der Waals surface area (Å²) >= 11 is 12.9. The van der Waals surface area contributed by atoms with Gasteiger partial charge in [-0.3, -0.25) is 9.36 Å². The molecule has 1 aromatic heterocycles. The molecule has 106 valence electrons. The lowest BCUT2D eigenvalue weighted by Gasteiger charge is -2.10. The van der Waals surface area contributed by atoms with Gasteiger partial charge in [0, 0.05) is 21.3 Å². The van der Waals surface area contributed by atoms with E-state index in [9.17, 15) is 9.59 Å². The number of carboxylic acid groups (broad SMARTS) is 1. The number of aromatic nitrogens is 1. The first kappa shape index (κ1) is 15.1. The fraction of sp³-hybridized carbons (Fsp3) is 0.231. The van der Waals surface area contributed by atoms with Crippen molar-refractivity contribution in [3.63, 3.8) is 0 Å². The molecule has 0 amide bonds. The van der Waals surface area contributed by atoms with Gasteiger partial charge in [0.15, 0.2) is 0 Å². The van der Waals surface area contributed by atoms with Gasteiger partial charge in [0.1, 0.15) is 4.88 Å². The highest BCUT2D eigenvalue weighted by atomic mass is 35.5. The molecule has 20 heavy (non-hydrogen) atoms. The molecule has 0 spiro atoms. The maximum atomic E-state index is 12.0. The first-order valence-electron chi connectivity index (χ1n) is 5.84. The molecule has 1 aromatic carbocycles. The molecular weight excluding hydrogens is 321 g/mol. The number of benzene rings is 1. The zero-order valence-corrected chi connectivity index (χ0v) is 12.8. The van der Waals surface area contributed by atoms with E-state index in [1.807, 2.05) is 0 Å². The van der Waals surface area contributed by atoms with Crippen LogP contribution in [0.3, 0.4) is 0 Å². The van der Waals surface area contributed by atoms with Gasteiger partial charge >= 0.3 is 10.8 Å². The highest BCUT2D eigenvalue weighted by molar-refractivity contribution is 7.11. The third-order valence-electron chi connectivity index (χ3n) is 2.90. The van der Waals surface area contributed by atoms with Gasteiger partial charge in [-0.05, 0) is 18.6 Å². The number of thiazole rings is 1. The second-order valence-corrected chi connectivity index (χ2v) is 5.86. The highest BCUT2D eigenvalue weighted by Gasteiger charge is 2.20. The van der Waals surface area contributed by atoms with Crippen molar-refractivity contribution in [2.24, 2.45) is 0 Å². The lowest BCUT2D eigenvalue weighted by Crippen LogP contribution is -2.17. The van der Waals surface area contributed by atoms with E-state index in [4.69, 9.17) is 28.3 Å². The Morgan fingerprint density at radius 2 is 1.95 bits per heavy atom. The molecule has 0 saturated heterocycles. The Bertz CT molecular complexity index is 701. The molecular formula is C13H11Cl2NO3S. The van der Waals surface area contributed by atoms with E-state index in [1.165, 1.54) is 4.57 Å². The van der Waals surface area contributed by atoms with Crippen LogP contribution >= 0.6 is 34.5 Å². The molecule has 4 nitrogen and oxygen atoms in total. The van der Waals surface area contributed by atoms with Gasteiger partial charge < -0.3 is 5.11 Å². The standard InChI is InChI=1S/C13H11Cl2NO3S/c1-2-10-11(12(17)18)20-13(19)16(10)6-7-8(14)4-3-5-9(7)15/h3-5H,2,6H2,1H3,(H,17,18). The molecule has 2 rings (SSSR count). The van der Waals surface area contributed by atoms with E-state index < -0.39 is 5.97 Å². The minimum atomic E-state index is -1.09. The molecule has 0 atom stereocenters. The van der Waals surface area contributed by atoms with Crippen molar-refractivity contribution < 1.29 is 9.90 Å². The number of hydrogen-bond donors (Lipinski definition) is 1. The van der Waals surface area contributed by atoms with Crippen LogP contribution in [0.5, 0.6) is 0 Å². The zero-order valence-electron chi connectivity index (χ0n) is 10.5. The molecule has 0 saturated carbocycles. The highest BCUT2D eigenvalue weighted by Crippen LogP contribution is 2.26. The van der Waals surface area contributed by atoms with Gasteiger partial charge in [-0.1, -0.05) is 47.5 Å². The van der Waals surface area contributed by atoms with Crippen molar-refractivity contribution in [3.05, 3.63) is 54.0 Å². The summed E-state index contributed by atoms with van der Waals surface area (Å²) in [5.41, 5.74) is 1.10. The van der Waals surface area contributed by atoms with Crippen LogP contribution in [-0.4, -0.2) is 15.6 Å². The number of halogens is 2. The number of hydrogen-bond acceptors (Lipinski definition) is 3. The van der Waals surface area contributed by atoms with Crippen LogP contribution < -0.4 is 4.87 Å². The van der Waals surface area contributed by atoms with Crippen LogP contribution in [0.25, 0.3) is 0 Å². The van der Waals surface area contributed by atoms with Gasteiger partial charge in [-0.25, -0.2) is 4.79 Å². The predicted molar refractivity (Wildman–Crippen MR) is 80.5 cm³/mol. The summed E-state index contributed by atoms with van der Waals surface area (Å²) in [6.45, 7) is 1.98. The van der Waals surface area contributed by atoms with Crippen LogP contribution in [0.2, 0.25) is 10.0 Å². The van der Waals surface area contributed by atoms with Crippen molar-refractivity contribution in [1.29, 1.82) is 0 Å². The van der Waals surface area contributed by atoms with Crippen molar-refractivity contribution in [1.82, 2.24) is 4.57 Å². The molecule has 1 heterocycles. The first-order valence-corrected chi connectivity index (χ1v) is 7.41. The summed E-state index contributed by atoms with van der Waals surface area (Å²) in [4.78, 5) is 22.9. The Labute approximate surface area is 129 Å². The number of carboxylic acids is 1. The summed E-state index contributed by atoms with van der Waals surface area (Å²) in [7, 11) is 0. The topological polar surface area (TPSA) is 59.3 Å². The Kier molecular flexibility index (Phi) is 4.52. The lowest BCUT2D eigenvalue weighted by molar-refractivity contribution is 0.0700. The summed E-state index contributed by atoms with van der Waals surface area (Å²) in [5.74, 6) is -1.09. The van der Waals surface area contributed by atoms with Crippen LogP contribution in [-0.2, 0) is 13.0 Å². The minimum Gasteiger partial charge on any atom is -0.477 e. The predicted octanol–water partition coefficient (Wildman–Crippen LogP) is 3.53. The quantitative estimate of drug-likeness (QED) is 0.932. The van der Waals surface area contributed by atoms with Crippen LogP contribution in [0.15, 0.2) is 23.0 Å². The Hall–Kier alpha value is -1.30. The summed E-state index contributed by atoms with van der Waals surface area (Å²) in [6, 6.07) is 5.09. The molecule has 0 fully saturated rings. The number of nitrogens with zero attached hydrogens (tertiary/aromatic N) is 1. The largest absolute Gasteiger partial charge is 0.477 e. The Morgan fingerprint density at radius 3 is 2.45 bits per heavy atom. The molecule has 0 aliphatic heterocycles. The summed E-state index contributed by atoms with van der Waals surface area (Å²) in [6.07, 6.45) is 0.447. The van der Waals surface area contributed by atoms with Crippen LogP contribution in [0.1, 0.15) is 27.9 Å². The van der Waals surface area contributed by atoms with Gasteiger partial charge in [-0.15, -0.1) is 0 Å². The van der Waals surface area contributed by atoms with E-state index in [2.05, 4.69) is 0 Å². The third kappa shape index (κ3) is 2.75. The second-order valence-electron chi connectivity index (χ2n) is 4.09. The van der Waals surface area contributed by atoms with Crippen molar-refractivity contribution >= 4 is 40.5 Å². The zero-order chi connectivity index (χ0) is 14.9. The van der Waals surface area contributed by atoms with Gasteiger partial charge in [-0.2, -0.15) is 0 Å². The molecule has 7 heteroatoms. The van der Waals surface area contributed by atoms with Crippen molar-refractivity contribution in [2.45, 2.75) is 19.9 Å². The monoisotopic (exact) mass is 331 g/mol. The molecule has 0 bridgehead atoms. The van der Waals surface area contributed by atoms with Crippen LogP contribution in [0, 0.1) is 0 Å². The second kappa shape index (κ2) is 5.99. The van der Waals surface area contributed by atoms with E-state index in [0.29, 0.717) is 27.7 Å². The van der Waals surface area contributed by atoms with Gasteiger partial charge in [0.05, 0.1) is 6.54 Å². The SMILES string of the molecule is CCc1c(C(=O)O)sc(=O)n1Cc1c(Cl)cccc1Cl. The van der Waals surface area contributed by atoms with Gasteiger partial charge in [0.2, 0.25) is 0 Å². The lowest BCUT2D eigenvalue weighted by atomic mass is 10.2. The number of rotatable bonds is 4. The average Bonchev–Trinajstić information content (AvgIpc) is 2.71. The van der Waals surface area contributed by atoms with Crippen LogP contribution in [0.4, 0.5) is 0 Å². The fourth-order valence-electron chi connectivity index (χ4n) is 1.95. The number of carbonyl (C=O) groups is 1. The molecule has 0 aliphatic rings. The Balaban J connectivity index is 2.54. The molecule has 0 aliphatic carbocycles. The van der Waals surface area contributed by atoms with E-state index in [-0.39, 0.29) is 16.3 Å². The van der Waals surface area contributed by atoms with Gasteiger partial charge in [0.25, 0.3) is 0 Å². The maximum absolute atomic E-state index is 12.0. The minimum absolute atomic E-state index is 0.0701. The van der Waals surface area contributed by atoms with Crippen molar-refractivity contribution in [3.8, 4) is 0 Å². The molecule has 1 N–H and O–H groups in total.